The number of rotatable bonds is 6. The highest BCUT2D eigenvalue weighted by Gasteiger charge is 2.31. The van der Waals surface area contributed by atoms with Crippen LogP contribution in [0.2, 0.25) is 0 Å². The highest BCUT2D eigenvalue weighted by molar-refractivity contribution is 7.15. The molecule has 0 radical (unpaired) electrons. The van der Waals surface area contributed by atoms with E-state index < -0.39 is 6.10 Å². The van der Waals surface area contributed by atoms with Gasteiger partial charge in [-0.15, -0.1) is 11.3 Å². The van der Waals surface area contributed by atoms with Gasteiger partial charge in [0.05, 0.1) is 24.5 Å². The summed E-state index contributed by atoms with van der Waals surface area (Å²) in [5, 5.41) is 5.01. The van der Waals surface area contributed by atoms with Crippen LogP contribution in [0.25, 0.3) is 4.96 Å². The SMILES string of the molecule is CCC(CC)NC(=O)C1CN(Cc2cc(=O)n3c(C)csc3n2)c2ccccc2O1. The van der Waals surface area contributed by atoms with Crippen LogP contribution >= 0.6 is 11.3 Å². The first kappa shape index (κ1) is 20.4. The average Bonchev–Trinajstić information content (AvgIpc) is 3.12. The minimum atomic E-state index is -0.616. The minimum absolute atomic E-state index is 0.0849. The quantitative estimate of drug-likeness (QED) is 0.655. The molecule has 0 aliphatic carbocycles. The Bertz CT molecular complexity index is 1120. The summed E-state index contributed by atoms with van der Waals surface area (Å²) in [5.74, 6) is 0.554. The molecular formula is C22H26N4O3S. The molecule has 1 aromatic carbocycles. The Hall–Kier alpha value is -2.87. The van der Waals surface area contributed by atoms with Crippen LogP contribution in [0.3, 0.4) is 0 Å². The van der Waals surface area contributed by atoms with Crippen LogP contribution in [0.1, 0.15) is 38.1 Å². The molecular weight excluding hydrogens is 400 g/mol. The summed E-state index contributed by atoms with van der Waals surface area (Å²) in [4.78, 5) is 32.8. The van der Waals surface area contributed by atoms with Crippen LogP contribution in [0.4, 0.5) is 5.69 Å². The maximum absolute atomic E-state index is 12.8. The smallest absolute Gasteiger partial charge is 0.263 e. The van der Waals surface area contributed by atoms with Gasteiger partial charge < -0.3 is 15.0 Å². The predicted molar refractivity (Wildman–Crippen MR) is 118 cm³/mol. The second-order valence-corrected chi connectivity index (χ2v) is 8.39. The highest BCUT2D eigenvalue weighted by Crippen LogP contribution is 2.34. The number of aryl methyl sites for hydroxylation is 1. The molecule has 7 nitrogen and oxygen atoms in total. The van der Waals surface area contributed by atoms with Gasteiger partial charge in [0, 0.05) is 23.2 Å². The molecule has 1 N–H and O–H groups in total. The van der Waals surface area contributed by atoms with Gasteiger partial charge in [0.1, 0.15) is 5.75 Å². The topological polar surface area (TPSA) is 75.9 Å². The first-order chi connectivity index (χ1) is 14.5. The van der Waals surface area contributed by atoms with Crippen molar-refractivity contribution in [1.82, 2.24) is 14.7 Å². The number of carbonyl (C=O) groups excluding carboxylic acids is 1. The molecule has 30 heavy (non-hydrogen) atoms. The second kappa shape index (κ2) is 8.47. The van der Waals surface area contributed by atoms with Gasteiger partial charge in [0.2, 0.25) is 0 Å². The fraction of sp³-hybridized carbons (Fsp3) is 0.409. The summed E-state index contributed by atoms with van der Waals surface area (Å²) in [5.41, 5.74) is 2.37. The molecule has 0 fully saturated rings. The molecule has 0 saturated heterocycles. The van der Waals surface area contributed by atoms with Gasteiger partial charge in [0.25, 0.3) is 11.5 Å². The summed E-state index contributed by atoms with van der Waals surface area (Å²) in [6, 6.07) is 9.37. The molecule has 3 heterocycles. The Morgan fingerprint density at radius 1 is 1.33 bits per heavy atom. The Morgan fingerprint density at radius 3 is 2.87 bits per heavy atom. The molecule has 1 amide bonds. The maximum atomic E-state index is 12.8. The summed E-state index contributed by atoms with van der Waals surface area (Å²) < 4.78 is 7.63. The first-order valence-electron chi connectivity index (χ1n) is 10.3. The molecule has 1 aliphatic heterocycles. The molecule has 4 rings (SSSR count). The van der Waals surface area contributed by atoms with Gasteiger partial charge in [-0.1, -0.05) is 26.0 Å². The van der Waals surface area contributed by atoms with Gasteiger partial charge in [0.15, 0.2) is 11.1 Å². The van der Waals surface area contributed by atoms with Gasteiger partial charge in [-0.05, 0) is 31.9 Å². The minimum Gasteiger partial charge on any atom is -0.477 e. The monoisotopic (exact) mass is 426 g/mol. The molecule has 3 aromatic rings. The standard InChI is InChI=1S/C22H26N4O3S/c1-4-15(5-2)23-21(28)19-12-25(17-8-6-7-9-18(17)29-19)11-16-10-20(27)26-14(3)13-30-22(26)24-16/h6-10,13,15,19H,4-5,11-12H2,1-3H3,(H,23,28). The zero-order valence-corrected chi connectivity index (χ0v) is 18.2. The third-order valence-corrected chi connectivity index (χ3v) is 6.41. The van der Waals surface area contributed by atoms with E-state index in [0.717, 1.165) is 24.2 Å². The fourth-order valence-electron chi connectivity index (χ4n) is 3.76. The predicted octanol–water partition coefficient (Wildman–Crippen LogP) is 3.14. The number of hydrogen-bond acceptors (Lipinski definition) is 6. The lowest BCUT2D eigenvalue weighted by atomic mass is 10.1. The number of hydrogen-bond donors (Lipinski definition) is 1. The van der Waals surface area contributed by atoms with Crippen molar-refractivity contribution in [3.8, 4) is 5.75 Å². The molecule has 1 aliphatic rings. The van der Waals surface area contributed by atoms with Crippen LogP contribution in [0, 0.1) is 6.92 Å². The molecule has 0 spiro atoms. The van der Waals surface area contributed by atoms with Crippen molar-refractivity contribution < 1.29 is 9.53 Å². The maximum Gasteiger partial charge on any atom is 0.263 e. The zero-order chi connectivity index (χ0) is 21.3. The summed E-state index contributed by atoms with van der Waals surface area (Å²) in [7, 11) is 0. The largest absolute Gasteiger partial charge is 0.477 e. The lowest BCUT2D eigenvalue weighted by Crippen LogP contribution is -2.51. The van der Waals surface area contributed by atoms with Gasteiger partial charge in [-0.3, -0.25) is 14.0 Å². The van der Waals surface area contributed by atoms with E-state index in [0.29, 0.717) is 29.5 Å². The third-order valence-electron chi connectivity index (χ3n) is 5.47. The van der Waals surface area contributed by atoms with Gasteiger partial charge >= 0.3 is 0 Å². The Kier molecular flexibility index (Phi) is 5.76. The fourth-order valence-corrected chi connectivity index (χ4v) is 4.65. The molecule has 158 valence electrons. The van der Waals surface area contributed by atoms with Crippen LogP contribution in [-0.2, 0) is 11.3 Å². The van der Waals surface area contributed by atoms with E-state index in [1.807, 2.05) is 36.6 Å². The van der Waals surface area contributed by atoms with E-state index in [9.17, 15) is 9.59 Å². The normalized spacial score (nSPS) is 15.9. The van der Waals surface area contributed by atoms with Gasteiger partial charge in [-0.25, -0.2) is 4.98 Å². The van der Waals surface area contributed by atoms with Crippen LogP contribution in [0.15, 0.2) is 40.5 Å². The van der Waals surface area contributed by atoms with Crippen molar-refractivity contribution in [3.63, 3.8) is 0 Å². The van der Waals surface area contributed by atoms with E-state index in [1.54, 1.807) is 10.5 Å². The highest BCUT2D eigenvalue weighted by atomic mass is 32.1. The lowest BCUT2D eigenvalue weighted by Gasteiger charge is -2.35. The molecule has 2 aromatic heterocycles. The summed E-state index contributed by atoms with van der Waals surface area (Å²) in [6.07, 6.45) is 1.14. The van der Waals surface area contributed by atoms with Gasteiger partial charge in [-0.2, -0.15) is 0 Å². The molecule has 1 atom stereocenters. The van der Waals surface area contributed by atoms with E-state index in [2.05, 4.69) is 29.0 Å². The number of amides is 1. The summed E-state index contributed by atoms with van der Waals surface area (Å²) >= 11 is 1.45. The first-order valence-corrected chi connectivity index (χ1v) is 11.2. The van der Waals surface area contributed by atoms with Crippen molar-refractivity contribution in [2.45, 2.75) is 52.3 Å². The molecule has 1 unspecified atom stereocenters. The van der Waals surface area contributed by atoms with Crippen molar-refractivity contribution >= 4 is 27.9 Å². The number of fused-ring (bicyclic) bond motifs is 2. The molecule has 8 heteroatoms. The van der Waals surface area contributed by atoms with Crippen molar-refractivity contribution in [1.29, 1.82) is 0 Å². The van der Waals surface area contributed by atoms with Crippen molar-refractivity contribution in [2.75, 3.05) is 11.4 Å². The Labute approximate surface area is 179 Å². The second-order valence-electron chi connectivity index (χ2n) is 7.56. The average molecular weight is 427 g/mol. The van der Waals surface area contributed by atoms with Crippen LogP contribution < -0.4 is 20.5 Å². The van der Waals surface area contributed by atoms with E-state index >= 15 is 0 Å². The Morgan fingerprint density at radius 2 is 2.10 bits per heavy atom. The van der Waals surface area contributed by atoms with Crippen LogP contribution in [0.5, 0.6) is 5.75 Å². The number of nitrogens with one attached hydrogen (secondary N) is 1. The summed E-state index contributed by atoms with van der Waals surface area (Å²) in [6.45, 7) is 6.84. The number of carbonyl (C=O) groups is 1. The number of ether oxygens (including phenoxy) is 1. The molecule has 0 saturated carbocycles. The van der Waals surface area contributed by atoms with E-state index in [1.165, 1.54) is 11.3 Å². The number of benzene rings is 1. The zero-order valence-electron chi connectivity index (χ0n) is 17.4. The third kappa shape index (κ3) is 3.92. The molecule has 0 bridgehead atoms. The number of aromatic nitrogens is 2. The number of para-hydroxylation sites is 2. The Balaban J connectivity index is 1.61. The van der Waals surface area contributed by atoms with Crippen molar-refractivity contribution in [2.24, 2.45) is 0 Å². The number of anilines is 1. The number of thiazole rings is 1. The van der Waals surface area contributed by atoms with Crippen molar-refractivity contribution in [3.05, 3.63) is 57.5 Å². The number of nitrogens with zero attached hydrogens (tertiary/aromatic N) is 3. The van der Waals surface area contributed by atoms with E-state index in [4.69, 9.17) is 4.74 Å². The van der Waals surface area contributed by atoms with E-state index in [-0.39, 0.29) is 17.5 Å². The lowest BCUT2D eigenvalue weighted by molar-refractivity contribution is -0.128. The van der Waals surface area contributed by atoms with Crippen LogP contribution in [-0.4, -0.2) is 34.0 Å².